The monoisotopic (exact) mass is 234 g/mol. The topological polar surface area (TPSA) is 39.6 Å². The SMILES string of the molecule is N#Cc1ccc2[nH]cc(CBr)c2c1. The summed E-state index contributed by atoms with van der Waals surface area (Å²) in [5.74, 6) is 0. The Kier molecular flexibility index (Phi) is 2.07. The average Bonchev–Trinajstić information content (AvgIpc) is 2.59. The predicted molar refractivity (Wildman–Crippen MR) is 55.6 cm³/mol. The van der Waals surface area contributed by atoms with E-state index in [2.05, 4.69) is 27.0 Å². The summed E-state index contributed by atoms with van der Waals surface area (Å²) in [6, 6.07) is 7.78. The van der Waals surface area contributed by atoms with E-state index in [0.717, 1.165) is 16.2 Å². The first-order valence-corrected chi connectivity index (χ1v) is 5.03. The Hall–Kier alpha value is -1.27. The number of hydrogen-bond donors (Lipinski definition) is 1. The normalized spacial score (nSPS) is 10.2. The second-order valence-electron chi connectivity index (χ2n) is 2.82. The summed E-state index contributed by atoms with van der Waals surface area (Å²) in [5.41, 5.74) is 2.97. The third kappa shape index (κ3) is 1.34. The zero-order valence-electron chi connectivity index (χ0n) is 6.84. The molecule has 0 bridgehead atoms. The van der Waals surface area contributed by atoms with Crippen molar-refractivity contribution in [3.05, 3.63) is 35.5 Å². The van der Waals surface area contributed by atoms with Gasteiger partial charge in [-0.3, -0.25) is 0 Å². The van der Waals surface area contributed by atoms with Gasteiger partial charge in [-0.05, 0) is 23.8 Å². The molecule has 0 aliphatic carbocycles. The van der Waals surface area contributed by atoms with E-state index in [4.69, 9.17) is 5.26 Å². The van der Waals surface area contributed by atoms with Crippen molar-refractivity contribution in [3.63, 3.8) is 0 Å². The van der Waals surface area contributed by atoms with Crippen LogP contribution in [0, 0.1) is 11.3 Å². The average molecular weight is 235 g/mol. The van der Waals surface area contributed by atoms with Crippen molar-refractivity contribution in [3.8, 4) is 6.07 Å². The fourth-order valence-electron chi connectivity index (χ4n) is 1.36. The first-order valence-electron chi connectivity index (χ1n) is 3.91. The molecule has 0 aliphatic heterocycles. The molecule has 2 nitrogen and oxygen atoms in total. The first kappa shape index (κ1) is 8.33. The van der Waals surface area contributed by atoms with Crippen LogP contribution >= 0.6 is 15.9 Å². The summed E-state index contributed by atoms with van der Waals surface area (Å²) in [4.78, 5) is 3.15. The van der Waals surface area contributed by atoms with Crippen LogP contribution < -0.4 is 0 Å². The van der Waals surface area contributed by atoms with Gasteiger partial charge in [-0.15, -0.1) is 0 Å². The smallest absolute Gasteiger partial charge is 0.0991 e. The second-order valence-corrected chi connectivity index (χ2v) is 3.38. The molecule has 0 saturated carbocycles. The number of aromatic amines is 1. The van der Waals surface area contributed by atoms with Crippen LogP contribution in [0.5, 0.6) is 0 Å². The van der Waals surface area contributed by atoms with Gasteiger partial charge in [-0.1, -0.05) is 15.9 Å². The molecule has 2 rings (SSSR count). The number of H-pyrrole nitrogens is 1. The molecule has 1 heterocycles. The highest BCUT2D eigenvalue weighted by atomic mass is 79.9. The number of halogens is 1. The van der Waals surface area contributed by atoms with Gasteiger partial charge in [0.15, 0.2) is 0 Å². The molecule has 0 spiro atoms. The third-order valence-electron chi connectivity index (χ3n) is 2.04. The molecule has 0 unspecified atom stereocenters. The van der Waals surface area contributed by atoms with Gasteiger partial charge < -0.3 is 4.98 Å². The molecular formula is C10H7BrN2. The van der Waals surface area contributed by atoms with E-state index in [-0.39, 0.29) is 0 Å². The van der Waals surface area contributed by atoms with Crippen molar-refractivity contribution in [1.29, 1.82) is 5.26 Å². The van der Waals surface area contributed by atoms with Gasteiger partial charge in [0.05, 0.1) is 11.6 Å². The van der Waals surface area contributed by atoms with Crippen LogP contribution in [0.25, 0.3) is 10.9 Å². The largest absolute Gasteiger partial charge is 0.361 e. The van der Waals surface area contributed by atoms with Crippen molar-refractivity contribution in [1.82, 2.24) is 4.98 Å². The van der Waals surface area contributed by atoms with E-state index in [1.807, 2.05) is 24.4 Å². The summed E-state index contributed by atoms with van der Waals surface area (Å²) in [5, 5.41) is 10.7. The van der Waals surface area contributed by atoms with E-state index in [1.54, 1.807) is 0 Å². The number of rotatable bonds is 1. The van der Waals surface area contributed by atoms with Crippen molar-refractivity contribution < 1.29 is 0 Å². The summed E-state index contributed by atoms with van der Waals surface area (Å²) in [7, 11) is 0. The van der Waals surface area contributed by atoms with E-state index in [0.29, 0.717) is 5.56 Å². The standard InChI is InChI=1S/C10H7BrN2/c11-4-8-6-13-10-2-1-7(5-12)3-9(8)10/h1-3,6,13H,4H2. The highest BCUT2D eigenvalue weighted by molar-refractivity contribution is 9.08. The third-order valence-corrected chi connectivity index (χ3v) is 2.64. The minimum absolute atomic E-state index is 0.703. The molecule has 0 aliphatic rings. The lowest BCUT2D eigenvalue weighted by atomic mass is 10.1. The minimum atomic E-state index is 0.703. The molecule has 0 atom stereocenters. The Labute approximate surface area is 84.3 Å². The van der Waals surface area contributed by atoms with E-state index in [9.17, 15) is 0 Å². The number of fused-ring (bicyclic) bond motifs is 1. The van der Waals surface area contributed by atoms with Crippen molar-refractivity contribution >= 4 is 26.8 Å². The fraction of sp³-hybridized carbons (Fsp3) is 0.100. The van der Waals surface area contributed by atoms with E-state index < -0.39 is 0 Å². The van der Waals surface area contributed by atoms with Gasteiger partial charge in [0, 0.05) is 22.4 Å². The van der Waals surface area contributed by atoms with Crippen LogP contribution in [-0.4, -0.2) is 4.98 Å². The predicted octanol–water partition coefficient (Wildman–Crippen LogP) is 2.93. The molecule has 1 N–H and O–H groups in total. The Morgan fingerprint density at radius 3 is 3.00 bits per heavy atom. The molecule has 2 aromatic rings. The van der Waals surface area contributed by atoms with Gasteiger partial charge >= 0.3 is 0 Å². The second kappa shape index (κ2) is 3.23. The van der Waals surface area contributed by atoms with Crippen molar-refractivity contribution in [2.45, 2.75) is 5.33 Å². The number of benzene rings is 1. The summed E-state index contributed by atoms with van der Waals surface area (Å²) in [6.45, 7) is 0. The molecule has 1 aromatic carbocycles. The summed E-state index contributed by atoms with van der Waals surface area (Å²) < 4.78 is 0. The molecule has 0 radical (unpaired) electrons. The lowest BCUT2D eigenvalue weighted by Crippen LogP contribution is -1.76. The molecule has 64 valence electrons. The minimum Gasteiger partial charge on any atom is -0.361 e. The number of hydrogen-bond acceptors (Lipinski definition) is 1. The maximum Gasteiger partial charge on any atom is 0.0991 e. The molecular weight excluding hydrogens is 228 g/mol. The van der Waals surface area contributed by atoms with Crippen molar-refractivity contribution in [2.75, 3.05) is 0 Å². The van der Waals surface area contributed by atoms with Gasteiger partial charge in [-0.25, -0.2) is 0 Å². The molecule has 13 heavy (non-hydrogen) atoms. The van der Waals surface area contributed by atoms with E-state index >= 15 is 0 Å². The molecule has 3 heteroatoms. The number of nitrogens with one attached hydrogen (secondary N) is 1. The number of alkyl halides is 1. The molecule has 0 amide bonds. The van der Waals surface area contributed by atoms with Gasteiger partial charge in [0.25, 0.3) is 0 Å². The maximum absolute atomic E-state index is 8.73. The van der Waals surface area contributed by atoms with Gasteiger partial charge in [-0.2, -0.15) is 5.26 Å². The fourth-order valence-corrected chi connectivity index (χ4v) is 1.82. The number of aromatic nitrogens is 1. The lowest BCUT2D eigenvalue weighted by Gasteiger charge is -1.93. The van der Waals surface area contributed by atoms with Crippen LogP contribution in [0.1, 0.15) is 11.1 Å². The van der Waals surface area contributed by atoms with Crippen LogP contribution in [0.15, 0.2) is 24.4 Å². The molecule has 0 fully saturated rings. The van der Waals surface area contributed by atoms with Crippen LogP contribution in [0.2, 0.25) is 0 Å². The number of nitriles is 1. The Morgan fingerprint density at radius 1 is 1.46 bits per heavy atom. The highest BCUT2D eigenvalue weighted by Gasteiger charge is 2.02. The molecule has 1 aromatic heterocycles. The van der Waals surface area contributed by atoms with Crippen LogP contribution in [0.4, 0.5) is 0 Å². The van der Waals surface area contributed by atoms with E-state index in [1.165, 1.54) is 5.56 Å². The quantitative estimate of drug-likeness (QED) is 0.758. The zero-order chi connectivity index (χ0) is 9.26. The maximum atomic E-state index is 8.73. The number of nitrogens with zero attached hydrogens (tertiary/aromatic N) is 1. The Balaban J connectivity index is 2.73. The Bertz CT molecular complexity index is 479. The van der Waals surface area contributed by atoms with Gasteiger partial charge in [0.1, 0.15) is 0 Å². The zero-order valence-corrected chi connectivity index (χ0v) is 8.43. The first-order chi connectivity index (χ1) is 6.35. The summed E-state index contributed by atoms with van der Waals surface area (Å²) >= 11 is 3.40. The molecule has 0 saturated heterocycles. The summed E-state index contributed by atoms with van der Waals surface area (Å²) in [6.07, 6.45) is 1.96. The van der Waals surface area contributed by atoms with Gasteiger partial charge in [0.2, 0.25) is 0 Å². The van der Waals surface area contributed by atoms with Crippen LogP contribution in [-0.2, 0) is 5.33 Å². The van der Waals surface area contributed by atoms with Crippen molar-refractivity contribution in [2.24, 2.45) is 0 Å². The Morgan fingerprint density at radius 2 is 2.31 bits per heavy atom. The lowest BCUT2D eigenvalue weighted by molar-refractivity contribution is 1.41. The van der Waals surface area contributed by atoms with Crippen LogP contribution in [0.3, 0.4) is 0 Å². The highest BCUT2D eigenvalue weighted by Crippen LogP contribution is 2.21.